The van der Waals surface area contributed by atoms with Crippen LogP contribution in [0.25, 0.3) is 0 Å². The molecule has 0 aromatic heterocycles. The summed E-state index contributed by atoms with van der Waals surface area (Å²) in [6, 6.07) is 0. The molecule has 4 saturated carbocycles. The van der Waals surface area contributed by atoms with E-state index in [1.165, 1.54) is 22.2 Å². The van der Waals surface area contributed by atoms with E-state index in [-0.39, 0.29) is 51.2 Å². The first kappa shape index (κ1) is 32.2. The number of fused-ring (bicyclic) bond motifs is 7. The zero-order chi connectivity index (χ0) is 32.1. The van der Waals surface area contributed by atoms with E-state index < -0.39 is 17.4 Å². The average molecular weight is 643 g/mol. The number of nitrogens with zero attached hydrogens (tertiary/aromatic N) is 2. The van der Waals surface area contributed by atoms with Crippen LogP contribution in [0.3, 0.4) is 0 Å². The zero-order valence-corrected chi connectivity index (χ0v) is 29.2. The second-order valence-electron chi connectivity index (χ2n) is 16.9. The highest BCUT2D eigenvalue weighted by molar-refractivity contribution is 8.23. The molecule has 1 aliphatic heterocycles. The van der Waals surface area contributed by atoms with E-state index in [0.717, 1.165) is 69.9 Å². The fourth-order valence-corrected chi connectivity index (χ4v) is 12.5. The molecule has 0 aromatic carbocycles. The van der Waals surface area contributed by atoms with Crippen molar-refractivity contribution in [2.24, 2.45) is 55.4 Å². The summed E-state index contributed by atoms with van der Waals surface area (Å²) in [7, 11) is 0. The lowest BCUT2D eigenvalue weighted by molar-refractivity contribution is -0.179. The predicted octanol–water partition coefficient (Wildman–Crippen LogP) is 7.63. The Labute approximate surface area is 272 Å². The minimum atomic E-state index is -0.618. The van der Waals surface area contributed by atoms with E-state index in [1.807, 2.05) is 0 Å². The Morgan fingerprint density at radius 3 is 2.41 bits per heavy atom. The van der Waals surface area contributed by atoms with Gasteiger partial charge in [0, 0.05) is 5.41 Å². The zero-order valence-electron chi connectivity index (χ0n) is 27.6. The molecule has 0 bridgehead atoms. The number of thiocarbonyl (C=S) groups is 1. The van der Waals surface area contributed by atoms with Crippen molar-refractivity contribution in [2.45, 2.75) is 113 Å². The Hall–Kier alpha value is -1.74. The maximum atomic E-state index is 12.9. The van der Waals surface area contributed by atoms with Gasteiger partial charge in [-0.25, -0.2) is 4.79 Å². The van der Waals surface area contributed by atoms with Gasteiger partial charge in [0.1, 0.15) is 10.9 Å². The Kier molecular flexibility index (Phi) is 7.60. The normalized spacial score (nSPS) is 43.3. The molecular formula is C35H50N2O5S2. The number of oxime groups is 1. The molecule has 7 nitrogen and oxygen atoms in total. The highest BCUT2D eigenvalue weighted by atomic mass is 32.2. The number of carbonyl (C=O) groups is 3. The first-order chi connectivity index (χ1) is 20.4. The van der Waals surface area contributed by atoms with Crippen molar-refractivity contribution in [3.05, 3.63) is 11.6 Å². The van der Waals surface area contributed by atoms with Crippen molar-refractivity contribution in [3.8, 4) is 0 Å². The van der Waals surface area contributed by atoms with Crippen LogP contribution in [0, 0.1) is 50.2 Å². The summed E-state index contributed by atoms with van der Waals surface area (Å²) < 4.78 is 0.413. The first-order valence-electron chi connectivity index (χ1n) is 16.6. The van der Waals surface area contributed by atoms with Crippen LogP contribution in [0.4, 0.5) is 0 Å². The van der Waals surface area contributed by atoms with Crippen LogP contribution in [0.2, 0.25) is 0 Å². The number of thioether (sulfide) groups is 1. The third-order valence-electron chi connectivity index (χ3n) is 14.2. The molecule has 1 N–H and O–H groups in total. The lowest BCUT2D eigenvalue weighted by Gasteiger charge is -2.70. The summed E-state index contributed by atoms with van der Waals surface area (Å²) in [6.07, 6.45) is 11.9. The molecule has 0 spiro atoms. The van der Waals surface area contributed by atoms with Crippen molar-refractivity contribution in [1.82, 2.24) is 4.90 Å². The molecule has 5 fully saturated rings. The van der Waals surface area contributed by atoms with Crippen molar-refractivity contribution >= 4 is 51.9 Å². The lowest BCUT2D eigenvalue weighted by Crippen LogP contribution is -2.64. The predicted molar refractivity (Wildman–Crippen MR) is 177 cm³/mol. The summed E-state index contributed by atoms with van der Waals surface area (Å²) >= 11 is 6.48. The number of carbonyl (C=O) groups excluding carboxylic acids is 2. The topological polar surface area (TPSA) is 96.3 Å². The Morgan fingerprint density at radius 1 is 1.05 bits per heavy atom. The van der Waals surface area contributed by atoms with Crippen molar-refractivity contribution in [3.63, 3.8) is 0 Å². The summed E-state index contributed by atoms with van der Waals surface area (Å²) in [5.74, 6) is -0.0555. The molecule has 6 aliphatic rings. The molecular weight excluding hydrogens is 593 g/mol. The minimum Gasteiger partial charge on any atom is -0.481 e. The van der Waals surface area contributed by atoms with Gasteiger partial charge in [-0.2, -0.15) is 0 Å². The molecule has 5 aliphatic carbocycles. The quantitative estimate of drug-likeness (QED) is 0.146. The second-order valence-corrected chi connectivity index (χ2v) is 18.5. The largest absolute Gasteiger partial charge is 0.481 e. The third kappa shape index (κ3) is 4.51. The Balaban J connectivity index is 1.27. The number of aliphatic carboxylic acids is 1. The van der Waals surface area contributed by atoms with E-state index >= 15 is 0 Å². The van der Waals surface area contributed by atoms with Crippen LogP contribution in [0.5, 0.6) is 0 Å². The van der Waals surface area contributed by atoms with E-state index in [0.29, 0.717) is 16.2 Å². The van der Waals surface area contributed by atoms with Crippen molar-refractivity contribution in [2.75, 3.05) is 12.3 Å². The van der Waals surface area contributed by atoms with E-state index in [9.17, 15) is 19.5 Å². The van der Waals surface area contributed by atoms with Gasteiger partial charge >= 0.3 is 11.9 Å². The Morgan fingerprint density at radius 2 is 1.75 bits per heavy atom. The summed E-state index contributed by atoms with van der Waals surface area (Å²) in [4.78, 5) is 44.4. The molecule has 6 rings (SSSR count). The SMILES string of the molecule is CC1(C)CC[C@]2(C(=O)O)CC[C@]3(C)C(=CC[C@@H]4[C@@]5(C)CC/C(=N/OC(=O)CN6C(=O)CSC6=S)C(C)(C)[C@@H]5CC[C@]43C)[C@H]2C1. The second kappa shape index (κ2) is 10.4. The molecule has 0 aromatic rings. The van der Waals surface area contributed by atoms with Gasteiger partial charge in [-0.1, -0.05) is 89.3 Å². The first-order valence-corrected chi connectivity index (χ1v) is 18.0. The number of amides is 1. The van der Waals surface area contributed by atoms with Crippen molar-refractivity contribution < 1.29 is 24.3 Å². The molecule has 7 atom stereocenters. The molecule has 0 unspecified atom stereocenters. The van der Waals surface area contributed by atoms with Gasteiger partial charge in [-0.05, 0) is 104 Å². The van der Waals surface area contributed by atoms with Crippen LogP contribution in [0.1, 0.15) is 113 Å². The molecule has 1 saturated heterocycles. The van der Waals surface area contributed by atoms with Gasteiger partial charge in [0.15, 0.2) is 0 Å². The van der Waals surface area contributed by atoms with Crippen LogP contribution in [0.15, 0.2) is 16.8 Å². The average Bonchev–Trinajstić information content (AvgIpc) is 3.24. The molecule has 1 amide bonds. The van der Waals surface area contributed by atoms with Gasteiger partial charge in [-0.3, -0.25) is 14.5 Å². The highest BCUT2D eigenvalue weighted by Crippen LogP contribution is 2.75. The number of hydrogen-bond donors (Lipinski definition) is 1. The van der Waals surface area contributed by atoms with Crippen LogP contribution in [-0.2, 0) is 19.2 Å². The molecule has 242 valence electrons. The highest BCUT2D eigenvalue weighted by Gasteiger charge is 2.69. The standard InChI is InChI=1S/C35H50N2O5S2/c1-30(2)14-16-35(28(40)41)17-15-33(6)21(22(35)18-30)8-9-24-32(5)12-11-25(31(3,4)23(32)10-13-34(24,33)7)36-42-27(39)19-37-26(38)20-44-29(37)43/h8,22-24H,9-20H2,1-7H3,(H,40,41)/b36-25-/t22-,23+,24-,32+,33-,34-,35+/m1/s1. The Bertz CT molecular complexity index is 1350. The monoisotopic (exact) mass is 642 g/mol. The minimum absolute atomic E-state index is 0.0131. The van der Waals surface area contributed by atoms with Gasteiger partial charge in [-0.15, -0.1) is 0 Å². The summed E-state index contributed by atoms with van der Waals surface area (Å²) in [6.45, 7) is 16.5. The van der Waals surface area contributed by atoms with Gasteiger partial charge < -0.3 is 9.94 Å². The maximum Gasteiger partial charge on any atom is 0.354 e. The number of carboxylic acid groups (broad SMARTS) is 1. The smallest absolute Gasteiger partial charge is 0.354 e. The number of hydrogen-bond acceptors (Lipinski definition) is 7. The van der Waals surface area contributed by atoms with Crippen LogP contribution < -0.4 is 0 Å². The molecule has 44 heavy (non-hydrogen) atoms. The fraction of sp³-hybridized carbons (Fsp3) is 0.800. The number of carboxylic acids is 1. The van der Waals surface area contributed by atoms with Crippen LogP contribution >= 0.6 is 24.0 Å². The van der Waals surface area contributed by atoms with Gasteiger partial charge in [0.25, 0.3) is 0 Å². The summed E-state index contributed by atoms with van der Waals surface area (Å²) in [5.41, 5.74) is 1.84. The van der Waals surface area contributed by atoms with E-state index in [2.05, 4.69) is 59.7 Å². The van der Waals surface area contributed by atoms with Crippen LogP contribution in [-0.4, -0.2) is 50.2 Å². The van der Waals surface area contributed by atoms with Gasteiger partial charge in [0.2, 0.25) is 5.91 Å². The maximum absolute atomic E-state index is 12.9. The lowest BCUT2D eigenvalue weighted by atomic mass is 9.33. The van der Waals surface area contributed by atoms with E-state index in [4.69, 9.17) is 17.1 Å². The van der Waals surface area contributed by atoms with Gasteiger partial charge in [0.05, 0.1) is 16.9 Å². The third-order valence-corrected chi connectivity index (χ3v) is 15.7. The summed E-state index contributed by atoms with van der Waals surface area (Å²) in [5, 5.41) is 15.1. The number of rotatable bonds is 4. The molecule has 1 heterocycles. The number of allylic oxidation sites excluding steroid dienone is 2. The van der Waals surface area contributed by atoms with E-state index in [1.54, 1.807) is 0 Å². The van der Waals surface area contributed by atoms with Crippen molar-refractivity contribution in [1.29, 1.82) is 0 Å². The fourth-order valence-electron chi connectivity index (χ4n) is 11.4. The molecule has 0 radical (unpaired) electrons. The molecule has 9 heteroatoms.